The van der Waals surface area contributed by atoms with E-state index in [-0.39, 0.29) is 0 Å². The molecule has 2 aliphatic rings. The van der Waals surface area contributed by atoms with E-state index < -0.39 is 0 Å². The molecule has 3 rings (SSSR count). The Balaban J connectivity index is 1.43. The molecule has 1 atom stereocenters. The van der Waals surface area contributed by atoms with Crippen LogP contribution in [0.4, 0.5) is 0 Å². The van der Waals surface area contributed by atoms with Crippen LogP contribution in [0.3, 0.4) is 0 Å². The maximum absolute atomic E-state index is 9.87. The largest absolute Gasteiger partial charge is 0.198 e. The van der Waals surface area contributed by atoms with E-state index in [9.17, 15) is 5.26 Å². The molecule has 2 aliphatic carbocycles. The Labute approximate surface area is 180 Å². The van der Waals surface area contributed by atoms with Crippen LogP contribution in [0, 0.1) is 35.0 Å². The fourth-order valence-corrected chi connectivity index (χ4v) is 6.06. The Morgan fingerprint density at radius 3 is 2.10 bits per heavy atom. The van der Waals surface area contributed by atoms with Gasteiger partial charge in [-0.05, 0) is 86.2 Å². The minimum absolute atomic E-state index is 0.317. The zero-order valence-electron chi connectivity index (χ0n) is 19.0. The molecule has 0 spiro atoms. The van der Waals surface area contributed by atoms with Gasteiger partial charge in [0, 0.05) is 5.92 Å². The number of benzene rings is 1. The normalized spacial score (nSPS) is 28.6. The third kappa shape index (κ3) is 6.60. The summed E-state index contributed by atoms with van der Waals surface area (Å²) in [5, 5.41) is 9.87. The van der Waals surface area contributed by atoms with Crippen LogP contribution in [0.2, 0.25) is 0 Å². The zero-order valence-corrected chi connectivity index (χ0v) is 19.0. The molecule has 0 bridgehead atoms. The van der Waals surface area contributed by atoms with Crippen LogP contribution >= 0.6 is 0 Å². The van der Waals surface area contributed by atoms with E-state index in [4.69, 9.17) is 0 Å². The Bertz CT molecular complexity index is 609. The first kappa shape index (κ1) is 22.4. The number of hydrogen-bond donors (Lipinski definition) is 0. The predicted octanol–water partition coefficient (Wildman–Crippen LogP) is 8.44. The number of unbranched alkanes of at least 4 members (excludes halogenated alkanes) is 1. The summed E-state index contributed by atoms with van der Waals surface area (Å²) in [5.41, 5.74) is 3.02. The van der Waals surface area contributed by atoms with Gasteiger partial charge in [0.1, 0.15) is 0 Å². The van der Waals surface area contributed by atoms with Crippen LogP contribution in [0.15, 0.2) is 24.3 Å². The van der Waals surface area contributed by atoms with Crippen molar-refractivity contribution in [2.45, 2.75) is 110 Å². The molecule has 2 saturated carbocycles. The molecule has 0 N–H and O–H groups in total. The molecule has 29 heavy (non-hydrogen) atoms. The summed E-state index contributed by atoms with van der Waals surface area (Å²) in [5.74, 6) is 3.48. The second-order valence-corrected chi connectivity index (χ2v) is 10.1. The van der Waals surface area contributed by atoms with Crippen molar-refractivity contribution >= 4 is 0 Å². The number of hydrogen-bond acceptors (Lipinski definition) is 1. The Hall–Kier alpha value is -1.29. The molecule has 1 nitrogen and oxygen atoms in total. The second kappa shape index (κ2) is 11.8. The first-order valence-corrected chi connectivity index (χ1v) is 12.7. The lowest BCUT2D eigenvalue weighted by Crippen LogP contribution is -2.24. The third-order valence-corrected chi connectivity index (χ3v) is 8.02. The number of aryl methyl sites for hydroxylation is 1. The van der Waals surface area contributed by atoms with Crippen molar-refractivity contribution in [1.82, 2.24) is 0 Å². The SMILES string of the molecule is CCCC[C@H]1CC[C@H](C(C#N)C[C@H]2CC[C@H](c3ccc(CCC)cc3)CC2)CC1. The Kier molecular flexibility index (Phi) is 9.10. The summed E-state index contributed by atoms with van der Waals surface area (Å²) in [6.45, 7) is 4.55. The van der Waals surface area contributed by atoms with Crippen LogP contribution in [0.25, 0.3) is 0 Å². The lowest BCUT2D eigenvalue weighted by molar-refractivity contribution is 0.188. The van der Waals surface area contributed by atoms with Gasteiger partial charge < -0.3 is 0 Å². The van der Waals surface area contributed by atoms with Crippen molar-refractivity contribution in [1.29, 1.82) is 5.26 Å². The third-order valence-electron chi connectivity index (χ3n) is 8.02. The fourth-order valence-electron chi connectivity index (χ4n) is 6.06. The highest BCUT2D eigenvalue weighted by molar-refractivity contribution is 5.26. The van der Waals surface area contributed by atoms with E-state index in [2.05, 4.69) is 44.2 Å². The van der Waals surface area contributed by atoms with Crippen molar-refractivity contribution in [2.24, 2.45) is 23.7 Å². The molecule has 1 heteroatoms. The summed E-state index contributed by atoms with van der Waals surface area (Å²) in [6.07, 6.45) is 18.4. The molecule has 1 unspecified atom stereocenters. The van der Waals surface area contributed by atoms with Crippen molar-refractivity contribution in [3.63, 3.8) is 0 Å². The molecule has 0 heterocycles. The highest BCUT2D eigenvalue weighted by atomic mass is 14.4. The molecular formula is C28H43N. The van der Waals surface area contributed by atoms with E-state index in [1.165, 1.54) is 95.5 Å². The number of rotatable bonds is 9. The van der Waals surface area contributed by atoms with Gasteiger partial charge in [-0.2, -0.15) is 5.26 Å². The van der Waals surface area contributed by atoms with E-state index >= 15 is 0 Å². The molecule has 0 radical (unpaired) electrons. The summed E-state index contributed by atoms with van der Waals surface area (Å²) in [6, 6.07) is 12.2. The zero-order chi connectivity index (χ0) is 20.5. The minimum atomic E-state index is 0.317. The summed E-state index contributed by atoms with van der Waals surface area (Å²) in [7, 11) is 0. The van der Waals surface area contributed by atoms with Crippen molar-refractivity contribution in [3.05, 3.63) is 35.4 Å². The second-order valence-electron chi connectivity index (χ2n) is 10.1. The van der Waals surface area contributed by atoms with Gasteiger partial charge in [-0.25, -0.2) is 0 Å². The van der Waals surface area contributed by atoms with Crippen molar-refractivity contribution < 1.29 is 0 Å². The van der Waals surface area contributed by atoms with Crippen molar-refractivity contribution in [2.75, 3.05) is 0 Å². The maximum Gasteiger partial charge on any atom is 0.0658 e. The van der Waals surface area contributed by atoms with Gasteiger partial charge in [0.2, 0.25) is 0 Å². The van der Waals surface area contributed by atoms with E-state index in [0.717, 1.165) is 17.8 Å². The van der Waals surface area contributed by atoms with Gasteiger partial charge in [-0.15, -0.1) is 0 Å². The summed E-state index contributed by atoms with van der Waals surface area (Å²) >= 11 is 0. The number of nitriles is 1. The molecule has 0 aromatic heterocycles. The predicted molar refractivity (Wildman–Crippen MR) is 124 cm³/mol. The van der Waals surface area contributed by atoms with Gasteiger partial charge in [-0.3, -0.25) is 0 Å². The van der Waals surface area contributed by atoms with Gasteiger partial charge in [0.15, 0.2) is 0 Å². The summed E-state index contributed by atoms with van der Waals surface area (Å²) in [4.78, 5) is 0. The van der Waals surface area contributed by atoms with Crippen LogP contribution in [0.1, 0.15) is 114 Å². The standard InChI is InChI=1S/C28H43N/c1-3-5-7-23-10-16-27(17-11-23)28(21-29)20-24-12-18-26(19-13-24)25-14-8-22(6-4-2)9-15-25/h8-9,14-15,23-24,26-28H,3-7,10-13,16-20H2,1-2H3/t23-,24-,26-,27-,28?. The van der Waals surface area contributed by atoms with Gasteiger partial charge in [0.25, 0.3) is 0 Å². The molecule has 0 saturated heterocycles. The van der Waals surface area contributed by atoms with Gasteiger partial charge >= 0.3 is 0 Å². The maximum atomic E-state index is 9.87. The molecule has 1 aromatic carbocycles. The van der Waals surface area contributed by atoms with Crippen molar-refractivity contribution in [3.8, 4) is 6.07 Å². The van der Waals surface area contributed by atoms with E-state index in [1.807, 2.05) is 0 Å². The fraction of sp³-hybridized carbons (Fsp3) is 0.750. The molecule has 0 aliphatic heterocycles. The van der Waals surface area contributed by atoms with Gasteiger partial charge in [-0.1, -0.05) is 76.6 Å². The van der Waals surface area contributed by atoms with E-state index in [0.29, 0.717) is 11.8 Å². The average Bonchev–Trinajstić information content (AvgIpc) is 2.78. The first-order chi connectivity index (χ1) is 14.2. The lowest BCUT2D eigenvalue weighted by Gasteiger charge is -2.34. The molecular weight excluding hydrogens is 350 g/mol. The Morgan fingerprint density at radius 2 is 1.52 bits per heavy atom. The van der Waals surface area contributed by atoms with E-state index in [1.54, 1.807) is 5.56 Å². The van der Waals surface area contributed by atoms with Crippen LogP contribution in [-0.4, -0.2) is 0 Å². The molecule has 0 amide bonds. The average molecular weight is 394 g/mol. The monoisotopic (exact) mass is 393 g/mol. The van der Waals surface area contributed by atoms with Crippen LogP contribution < -0.4 is 0 Å². The quantitative estimate of drug-likeness (QED) is 0.413. The highest BCUT2D eigenvalue weighted by Crippen LogP contribution is 2.42. The minimum Gasteiger partial charge on any atom is -0.198 e. The van der Waals surface area contributed by atoms with Gasteiger partial charge in [0.05, 0.1) is 6.07 Å². The summed E-state index contributed by atoms with van der Waals surface area (Å²) < 4.78 is 0. The number of nitrogens with zero attached hydrogens (tertiary/aromatic N) is 1. The molecule has 160 valence electrons. The molecule has 2 fully saturated rings. The van der Waals surface area contributed by atoms with Crippen LogP contribution in [-0.2, 0) is 6.42 Å². The topological polar surface area (TPSA) is 23.8 Å². The highest BCUT2D eigenvalue weighted by Gasteiger charge is 2.31. The lowest BCUT2D eigenvalue weighted by atomic mass is 9.70. The molecule has 1 aromatic rings. The smallest absolute Gasteiger partial charge is 0.0658 e. The first-order valence-electron chi connectivity index (χ1n) is 12.7. The van der Waals surface area contributed by atoms with Crippen LogP contribution in [0.5, 0.6) is 0 Å². The Morgan fingerprint density at radius 1 is 0.862 bits per heavy atom.